The van der Waals surface area contributed by atoms with Gasteiger partial charge < -0.3 is 10.2 Å². The van der Waals surface area contributed by atoms with Crippen molar-refractivity contribution < 1.29 is 4.39 Å². The SMILES string of the molecule is CN=C(NCCCF)N1CCN(C(C)c2ccc(Br)cc2)CC1. The number of nitrogens with one attached hydrogen (secondary N) is 1. The second-order valence-corrected chi connectivity index (χ2v) is 6.68. The first-order chi connectivity index (χ1) is 11.2. The van der Waals surface area contributed by atoms with E-state index in [2.05, 4.69) is 67.2 Å². The smallest absolute Gasteiger partial charge is 0.193 e. The minimum Gasteiger partial charge on any atom is -0.356 e. The standard InChI is InChI=1S/C17H26BrFN4/c1-14(15-4-6-16(18)7-5-15)22-10-12-23(13-11-22)17(20-2)21-9-3-8-19/h4-7,14H,3,8-13H2,1-2H3,(H,20,21). The Kier molecular flexibility index (Phi) is 7.30. The number of rotatable bonds is 5. The molecule has 128 valence electrons. The van der Waals surface area contributed by atoms with Crippen LogP contribution in [0.3, 0.4) is 0 Å². The Morgan fingerprint density at radius 2 is 1.91 bits per heavy atom. The molecule has 1 N–H and O–H groups in total. The molecule has 1 aromatic rings. The van der Waals surface area contributed by atoms with Crippen LogP contribution in [-0.4, -0.2) is 62.2 Å². The van der Waals surface area contributed by atoms with Crippen molar-refractivity contribution in [1.29, 1.82) is 0 Å². The molecule has 1 aliphatic rings. The van der Waals surface area contributed by atoms with E-state index in [9.17, 15) is 4.39 Å². The van der Waals surface area contributed by atoms with E-state index < -0.39 is 0 Å². The van der Waals surface area contributed by atoms with Crippen molar-refractivity contribution in [1.82, 2.24) is 15.1 Å². The van der Waals surface area contributed by atoms with E-state index in [1.807, 2.05) is 0 Å². The van der Waals surface area contributed by atoms with Crippen LogP contribution in [0.25, 0.3) is 0 Å². The molecule has 0 saturated carbocycles. The molecule has 1 aliphatic heterocycles. The van der Waals surface area contributed by atoms with E-state index in [1.165, 1.54) is 5.56 Å². The highest BCUT2D eigenvalue weighted by Gasteiger charge is 2.23. The summed E-state index contributed by atoms with van der Waals surface area (Å²) in [6.45, 7) is 6.49. The van der Waals surface area contributed by atoms with Crippen molar-refractivity contribution in [3.8, 4) is 0 Å². The van der Waals surface area contributed by atoms with Gasteiger partial charge in [-0.15, -0.1) is 0 Å². The van der Waals surface area contributed by atoms with Crippen molar-refractivity contribution >= 4 is 21.9 Å². The summed E-state index contributed by atoms with van der Waals surface area (Å²) in [7, 11) is 1.79. The number of hydrogen-bond donors (Lipinski definition) is 1. The van der Waals surface area contributed by atoms with Crippen LogP contribution in [-0.2, 0) is 0 Å². The van der Waals surface area contributed by atoms with Crippen molar-refractivity contribution in [2.24, 2.45) is 4.99 Å². The Balaban J connectivity index is 1.86. The van der Waals surface area contributed by atoms with Gasteiger partial charge in [-0.1, -0.05) is 28.1 Å². The predicted molar refractivity (Wildman–Crippen MR) is 97.7 cm³/mol. The fraction of sp³-hybridized carbons (Fsp3) is 0.588. The second-order valence-electron chi connectivity index (χ2n) is 5.77. The van der Waals surface area contributed by atoms with Gasteiger partial charge in [-0.05, 0) is 31.0 Å². The summed E-state index contributed by atoms with van der Waals surface area (Å²) in [6.07, 6.45) is 0.527. The highest BCUT2D eigenvalue weighted by atomic mass is 79.9. The van der Waals surface area contributed by atoms with E-state index in [4.69, 9.17) is 0 Å². The molecule has 4 nitrogen and oxygen atoms in total. The largest absolute Gasteiger partial charge is 0.356 e. The normalized spacial score (nSPS) is 18.1. The lowest BCUT2D eigenvalue weighted by Crippen LogP contribution is -2.53. The van der Waals surface area contributed by atoms with Crippen LogP contribution in [0, 0.1) is 0 Å². The first-order valence-corrected chi connectivity index (χ1v) is 8.96. The van der Waals surface area contributed by atoms with Gasteiger partial charge in [0.05, 0.1) is 6.67 Å². The van der Waals surface area contributed by atoms with Crippen LogP contribution >= 0.6 is 15.9 Å². The first kappa shape index (κ1) is 18.2. The highest BCUT2D eigenvalue weighted by molar-refractivity contribution is 9.10. The summed E-state index contributed by atoms with van der Waals surface area (Å²) >= 11 is 3.48. The number of piperazine rings is 1. The van der Waals surface area contributed by atoms with Crippen LogP contribution in [0.2, 0.25) is 0 Å². The predicted octanol–water partition coefficient (Wildman–Crippen LogP) is 3.06. The van der Waals surface area contributed by atoms with Crippen molar-refractivity contribution in [3.63, 3.8) is 0 Å². The Hall–Kier alpha value is -1.14. The number of benzene rings is 1. The van der Waals surface area contributed by atoms with E-state index in [0.29, 0.717) is 19.0 Å². The van der Waals surface area contributed by atoms with E-state index >= 15 is 0 Å². The first-order valence-electron chi connectivity index (χ1n) is 8.16. The molecule has 0 bridgehead atoms. The van der Waals surface area contributed by atoms with Crippen molar-refractivity contribution in [2.45, 2.75) is 19.4 Å². The Labute approximate surface area is 146 Å². The van der Waals surface area contributed by atoms with Gasteiger partial charge in [-0.3, -0.25) is 14.3 Å². The zero-order valence-electron chi connectivity index (χ0n) is 13.9. The molecule has 1 unspecified atom stereocenters. The molecule has 1 saturated heterocycles. The van der Waals surface area contributed by atoms with Crippen LogP contribution < -0.4 is 5.32 Å². The maximum Gasteiger partial charge on any atom is 0.193 e. The highest BCUT2D eigenvalue weighted by Crippen LogP contribution is 2.23. The zero-order valence-corrected chi connectivity index (χ0v) is 15.5. The average Bonchev–Trinajstić information content (AvgIpc) is 2.59. The fourth-order valence-electron chi connectivity index (χ4n) is 2.87. The molecule has 1 aromatic carbocycles. The third-order valence-electron chi connectivity index (χ3n) is 4.32. The van der Waals surface area contributed by atoms with Crippen LogP contribution in [0.1, 0.15) is 24.9 Å². The lowest BCUT2D eigenvalue weighted by molar-refractivity contribution is 0.138. The van der Waals surface area contributed by atoms with Gasteiger partial charge in [0.2, 0.25) is 0 Å². The molecule has 1 fully saturated rings. The number of guanidine groups is 1. The molecule has 2 rings (SSSR count). The minimum absolute atomic E-state index is 0.289. The average molecular weight is 385 g/mol. The van der Waals surface area contributed by atoms with Crippen LogP contribution in [0.15, 0.2) is 33.7 Å². The number of aliphatic imine (C=N–C) groups is 1. The monoisotopic (exact) mass is 384 g/mol. The van der Waals surface area contributed by atoms with Crippen LogP contribution in [0.5, 0.6) is 0 Å². The quantitative estimate of drug-likeness (QED) is 0.480. The summed E-state index contributed by atoms with van der Waals surface area (Å²) in [5, 5.41) is 3.23. The zero-order chi connectivity index (χ0) is 16.7. The van der Waals surface area contributed by atoms with Crippen molar-refractivity contribution in [3.05, 3.63) is 34.3 Å². The molecule has 0 radical (unpaired) electrons. The van der Waals surface area contributed by atoms with Gasteiger partial charge in [0.1, 0.15) is 0 Å². The van der Waals surface area contributed by atoms with Gasteiger partial charge >= 0.3 is 0 Å². The lowest BCUT2D eigenvalue weighted by Gasteiger charge is -2.39. The Morgan fingerprint density at radius 1 is 1.26 bits per heavy atom. The number of alkyl halides is 1. The van der Waals surface area contributed by atoms with Gasteiger partial charge in [0.15, 0.2) is 5.96 Å². The molecule has 23 heavy (non-hydrogen) atoms. The molecule has 0 aliphatic carbocycles. The third-order valence-corrected chi connectivity index (χ3v) is 4.85. The third kappa shape index (κ3) is 5.18. The molecule has 0 aromatic heterocycles. The topological polar surface area (TPSA) is 30.9 Å². The second kappa shape index (κ2) is 9.23. The van der Waals surface area contributed by atoms with Gasteiger partial charge in [0.25, 0.3) is 0 Å². The van der Waals surface area contributed by atoms with Gasteiger partial charge in [-0.25, -0.2) is 0 Å². The molecule has 0 amide bonds. The summed E-state index contributed by atoms with van der Waals surface area (Å²) < 4.78 is 13.3. The molecule has 0 spiro atoms. The lowest BCUT2D eigenvalue weighted by atomic mass is 10.1. The number of nitrogens with zero attached hydrogens (tertiary/aromatic N) is 3. The number of halogens is 2. The Morgan fingerprint density at radius 3 is 2.48 bits per heavy atom. The van der Waals surface area contributed by atoms with E-state index in [0.717, 1.165) is 36.6 Å². The molecular formula is C17H26BrFN4. The molecular weight excluding hydrogens is 359 g/mol. The maximum atomic E-state index is 12.2. The summed E-state index contributed by atoms with van der Waals surface area (Å²) in [6, 6.07) is 8.96. The minimum atomic E-state index is -0.289. The summed E-state index contributed by atoms with van der Waals surface area (Å²) in [5.41, 5.74) is 1.34. The van der Waals surface area contributed by atoms with Crippen LogP contribution in [0.4, 0.5) is 4.39 Å². The fourth-order valence-corrected chi connectivity index (χ4v) is 3.14. The maximum absolute atomic E-state index is 12.2. The van der Waals surface area contributed by atoms with Gasteiger partial charge in [0, 0.05) is 50.3 Å². The van der Waals surface area contributed by atoms with E-state index in [-0.39, 0.29) is 6.67 Å². The molecule has 6 heteroatoms. The summed E-state index contributed by atoms with van der Waals surface area (Å²) in [4.78, 5) is 9.05. The summed E-state index contributed by atoms with van der Waals surface area (Å²) in [5.74, 6) is 0.884. The molecule has 1 atom stereocenters. The molecule has 1 heterocycles. The van der Waals surface area contributed by atoms with Crippen molar-refractivity contribution in [2.75, 3.05) is 46.4 Å². The van der Waals surface area contributed by atoms with Gasteiger partial charge in [-0.2, -0.15) is 0 Å². The Bertz CT molecular complexity index is 498. The number of hydrogen-bond acceptors (Lipinski definition) is 2. The van der Waals surface area contributed by atoms with E-state index in [1.54, 1.807) is 7.05 Å².